The Hall–Kier alpha value is -1.10. The number of rotatable bonds is 4. The highest BCUT2D eigenvalue weighted by Crippen LogP contribution is 2.21. The molecule has 1 aromatic rings. The van der Waals surface area contributed by atoms with Crippen molar-refractivity contribution in [3.05, 3.63) is 35.9 Å². The summed E-state index contributed by atoms with van der Waals surface area (Å²) in [5.41, 5.74) is 1.13. The molecule has 0 radical (unpaired) electrons. The Morgan fingerprint density at radius 2 is 2.05 bits per heavy atom. The first-order valence-electron chi connectivity index (χ1n) is 6.86. The molecule has 2 N–H and O–H groups in total. The number of amides is 1. The second-order valence-corrected chi connectivity index (χ2v) is 5.20. The lowest BCUT2D eigenvalue weighted by Crippen LogP contribution is -2.49. The Balaban J connectivity index is 0.00000200. The number of nitrogens with one attached hydrogen (secondary N) is 2. The van der Waals surface area contributed by atoms with Gasteiger partial charge in [-0.2, -0.15) is 0 Å². The van der Waals surface area contributed by atoms with Crippen molar-refractivity contribution in [3.8, 4) is 0 Å². The van der Waals surface area contributed by atoms with Gasteiger partial charge in [0, 0.05) is 13.1 Å². The molecule has 0 saturated carbocycles. The van der Waals surface area contributed by atoms with Crippen molar-refractivity contribution in [2.24, 2.45) is 5.92 Å². The average molecular weight is 299 g/mol. The Morgan fingerprint density at radius 3 is 2.60 bits per heavy atom. The van der Waals surface area contributed by atoms with E-state index in [1.807, 2.05) is 30.3 Å². The van der Waals surface area contributed by atoms with Gasteiger partial charge < -0.3 is 15.4 Å². The predicted octanol–water partition coefficient (Wildman–Crippen LogP) is 1.91. The van der Waals surface area contributed by atoms with Crippen LogP contribution in [0.5, 0.6) is 0 Å². The van der Waals surface area contributed by atoms with Crippen LogP contribution in [0.1, 0.15) is 25.5 Å². The number of halogens is 1. The van der Waals surface area contributed by atoms with E-state index in [4.69, 9.17) is 4.74 Å². The lowest BCUT2D eigenvalue weighted by atomic mass is 9.96. The molecule has 1 aliphatic heterocycles. The van der Waals surface area contributed by atoms with E-state index in [1.54, 1.807) is 0 Å². The maximum absolute atomic E-state index is 12.2. The van der Waals surface area contributed by atoms with Crippen molar-refractivity contribution >= 4 is 18.3 Å². The van der Waals surface area contributed by atoms with Crippen LogP contribution in [-0.4, -0.2) is 31.7 Å². The van der Waals surface area contributed by atoms with Crippen molar-refractivity contribution in [1.82, 2.24) is 10.6 Å². The lowest BCUT2D eigenvalue weighted by molar-refractivity contribution is -0.135. The minimum atomic E-state index is -0.376. The third-order valence-electron chi connectivity index (χ3n) is 3.34. The summed E-state index contributed by atoms with van der Waals surface area (Å²) >= 11 is 0. The van der Waals surface area contributed by atoms with Gasteiger partial charge in [0.2, 0.25) is 0 Å². The van der Waals surface area contributed by atoms with E-state index in [-0.39, 0.29) is 30.5 Å². The number of carbonyl (C=O) groups excluding carboxylic acids is 1. The fourth-order valence-corrected chi connectivity index (χ4v) is 2.28. The fraction of sp³-hybridized carbons (Fsp3) is 0.533. The van der Waals surface area contributed by atoms with Crippen LogP contribution in [0.3, 0.4) is 0 Å². The van der Waals surface area contributed by atoms with E-state index in [1.165, 1.54) is 0 Å². The molecule has 1 aliphatic rings. The molecule has 2 unspecified atom stereocenters. The zero-order valence-corrected chi connectivity index (χ0v) is 12.8. The maximum Gasteiger partial charge on any atom is 0.250 e. The van der Waals surface area contributed by atoms with Crippen molar-refractivity contribution < 1.29 is 9.53 Å². The maximum atomic E-state index is 12.2. The van der Waals surface area contributed by atoms with Gasteiger partial charge >= 0.3 is 0 Å². The summed E-state index contributed by atoms with van der Waals surface area (Å²) in [5, 5.41) is 6.27. The summed E-state index contributed by atoms with van der Waals surface area (Å²) in [6, 6.07) is 10.1. The molecule has 1 fully saturated rings. The van der Waals surface area contributed by atoms with Crippen LogP contribution < -0.4 is 10.6 Å². The summed E-state index contributed by atoms with van der Waals surface area (Å²) in [6.45, 7) is 6.22. The first-order valence-corrected chi connectivity index (χ1v) is 6.86. The summed E-state index contributed by atoms with van der Waals surface area (Å²) < 4.78 is 5.48. The lowest BCUT2D eigenvalue weighted by Gasteiger charge is -2.28. The molecule has 2 rings (SSSR count). The van der Waals surface area contributed by atoms with E-state index in [0.29, 0.717) is 19.1 Å². The fourth-order valence-electron chi connectivity index (χ4n) is 2.28. The summed E-state index contributed by atoms with van der Waals surface area (Å²) in [6.07, 6.45) is -0.376. The van der Waals surface area contributed by atoms with Crippen molar-refractivity contribution in [3.63, 3.8) is 0 Å². The van der Waals surface area contributed by atoms with E-state index < -0.39 is 0 Å². The van der Waals surface area contributed by atoms with Gasteiger partial charge in [0.05, 0.1) is 12.6 Å². The monoisotopic (exact) mass is 298 g/mol. The second kappa shape index (κ2) is 8.25. The Bertz CT molecular complexity index is 406. The molecular weight excluding hydrogens is 276 g/mol. The Kier molecular flexibility index (Phi) is 6.99. The first-order chi connectivity index (χ1) is 9.18. The molecule has 1 heterocycles. The van der Waals surface area contributed by atoms with Gasteiger partial charge in [-0.1, -0.05) is 44.2 Å². The van der Waals surface area contributed by atoms with Crippen LogP contribution in [-0.2, 0) is 9.53 Å². The van der Waals surface area contributed by atoms with Gasteiger partial charge in [-0.15, -0.1) is 12.4 Å². The predicted molar refractivity (Wildman–Crippen MR) is 82.0 cm³/mol. The van der Waals surface area contributed by atoms with Crippen LogP contribution in [0.25, 0.3) is 0 Å². The summed E-state index contributed by atoms with van der Waals surface area (Å²) in [5.74, 6) is 0.303. The molecule has 1 saturated heterocycles. The normalized spacial score (nSPS) is 20.1. The molecule has 4 nitrogen and oxygen atoms in total. The van der Waals surface area contributed by atoms with Crippen molar-refractivity contribution in [2.45, 2.75) is 26.0 Å². The average Bonchev–Trinajstić information content (AvgIpc) is 2.46. The molecule has 1 amide bonds. The summed E-state index contributed by atoms with van der Waals surface area (Å²) in [7, 11) is 0. The minimum absolute atomic E-state index is 0. The van der Waals surface area contributed by atoms with Crippen molar-refractivity contribution in [2.75, 3.05) is 19.7 Å². The van der Waals surface area contributed by atoms with Gasteiger partial charge in [-0.05, 0) is 11.5 Å². The molecule has 0 spiro atoms. The van der Waals surface area contributed by atoms with Gasteiger partial charge in [0.25, 0.3) is 5.91 Å². The first kappa shape index (κ1) is 17.0. The van der Waals surface area contributed by atoms with Gasteiger partial charge in [0.15, 0.2) is 0 Å². The number of hydrogen-bond donors (Lipinski definition) is 2. The molecule has 0 aliphatic carbocycles. The Morgan fingerprint density at radius 1 is 1.35 bits per heavy atom. The molecule has 112 valence electrons. The zero-order valence-electron chi connectivity index (χ0n) is 12.0. The van der Waals surface area contributed by atoms with E-state index in [9.17, 15) is 4.79 Å². The second-order valence-electron chi connectivity index (χ2n) is 5.20. The quantitative estimate of drug-likeness (QED) is 0.893. The van der Waals surface area contributed by atoms with Crippen LogP contribution in [0.15, 0.2) is 30.3 Å². The SMILES string of the molecule is CC(C)C(NC(=O)C1CNCCO1)c1ccccc1.Cl. The van der Waals surface area contributed by atoms with Crippen LogP contribution in [0.4, 0.5) is 0 Å². The van der Waals surface area contributed by atoms with Gasteiger partial charge in [-0.3, -0.25) is 4.79 Å². The van der Waals surface area contributed by atoms with E-state index in [2.05, 4.69) is 24.5 Å². The number of ether oxygens (including phenoxy) is 1. The number of carbonyl (C=O) groups is 1. The molecule has 0 bridgehead atoms. The summed E-state index contributed by atoms with van der Waals surface area (Å²) in [4.78, 5) is 12.2. The highest BCUT2D eigenvalue weighted by molar-refractivity contribution is 5.85. The molecular formula is C15H23ClN2O2. The number of morpholine rings is 1. The number of benzene rings is 1. The Labute approximate surface area is 126 Å². The smallest absolute Gasteiger partial charge is 0.250 e. The highest BCUT2D eigenvalue weighted by Gasteiger charge is 2.25. The van der Waals surface area contributed by atoms with E-state index >= 15 is 0 Å². The largest absolute Gasteiger partial charge is 0.366 e. The van der Waals surface area contributed by atoms with Gasteiger partial charge in [0.1, 0.15) is 6.10 Å². The third kappa shape index (κ3) is 4.47. The standard InChI is InChI=1S/C15H22N2O2.ClH/c1-11(2)14(12-6-4-3-5-7-12)17-15(18)13-10-16-8-9-19-13;/h3-7,11,13-14,16H,8-10H2,1-2H3,(H,17,18);1H. The van der Waals surface area contributed by atoms with Crippen LogP contribution >= 0.6 is 12.4 Å². The van der Waals surface area contributed by atoms with Crippen molar-refractivity contribution in [1.29, 1.82) is 0 Å². The topological polar surface area (TPSA) is 50.4 Å². The molecule has 2 atom stereocenters. The minimum Gasteiger partial charge on any atom is -0.366 e. The van der Waals surface area contributed by atoms with Crippen LogP contribution in [0.2, 0.25) is 0 Å². The molecule has 1 aromatic carbocycles. The van der Waals surface area contributed by atoms with E-state index in [0.717, 1.165) is 12.1 Å². The number of hydrogen-bond acceptors (Lipinski definition) is 3. The highest BCUT2D eigenvalue weighted by atomic mass is 35.5. The zero-order chi connectivity index (χ0) is 13.7. The third-order valence-corrected chi connectivity index (χ3v) is 3.34. The molecule has 20 heavy (non-hydrogen) atoms. The van der Waals surface area contributed by atoms with Gasteiger partial charge in [-0.25, -0.2) is 0 Å². The molecule has 5 heteroatoms. The molecule has 0 aromatic heterocycles. The van der Waals surface area contributed by atoms with Crippen LogP contribution in [0, 0.1) is 5.92 Å².